The third kappa shape index (κ3) is 5.08. The van der Waals surface area contributed by atoms with E-state index in [1.165, 1.54) is 12.1 Å². The van der Waals surface area contributed by atoms with Gasteiger partial charge in [0.05, 0.1) is 5.56 Å². The molecule has 0 fully saturated rings. The molecule has 2 rings (SSSR count). The van der Waals surface area contributed by atoms with Crippen LogP contribution in [0.15, 0.2) is 42.5 Å². The summed E-state index contributed by atoms with van der Waals surface area (Å²) in [4.78, 5) is 24.1. The minimum absolute atomic E-state index is 0.0113. The van der Waals surface area contributed by atoms with Crippen LogP contribution in [0.5, 0.6) is 0 Å². The first-order valence-corrected chi connectivity index (χ1v) is 8.06. The lowest BCUT2D eigenvalue weighted by Gasteiger charge is -2.13. The number of nitrogens with one attached hydrogen (secondary N) is 2. The van der Waals surface area contributed by atoms with Gasteiger partial charge in [-0.1, -0.05) is 31.2 Å². The van der Waals surface area contributed by atoms with Crippen LogP contribution in [0.4, 0.5) is 24.5 Å². The minimum Gasteiger partial charge on any atom is -0.326 e. The SMILES string of the molecule is CCc1cccc(C)c1NC(=O)CC(=O)Nc1cccc(C(F)(F)F)c1. The average molecular weight is 364 g/mol. The number of alkyl halides is 3. The van der Waals surface area contributed by atoms with E-state index in [-0.39, 0.29) is 5.69 Å². The van der Waals surface area contributed by atoms with Crippen molar-refractivity contribution in [1.82, 2.24) is 0 Å². The highest BCUT2D eigenvalue weighted by Crippen LogP contribution is 2.30. The molecule has 0 heterocycles. The third-order valence-corrected chi connectivity index (χ3v) is 3.80. The Morgan fingerprint density at radius 1 is 1.00 bits per heavy atom. The zero-order chi connectivity index (χ0) is 19.3. The van der Waals surface area contributed by atoms with Gasteiger partial charge in [-0.05, 0) is 42.7 Å². The molecule has 7 heteroatoms. The number of benzene rings is 2. The van der Waals surface area contributed by atoms with Crippen LogP contribution in [-0.2, 0) is 22.2 Å². The molecule has 2 aromatic rings. The predicted molar refractivity (Wildman–Crippen MR) is 93.9 cm³/mol. The number of amides is 2. The Balaban J connectivity index is 2.01. The first kappa shape index (κ1) is 19.5. The molecule has 4 nitrogen and oxygen atoms in total. The lowest BCUT2D eigenvalue weighted by atomic mass is 10.1. The van der Waals surface area contributed by atoms with E-state index in [2.05, 4.69) is 10.6 Å². The first-order valence-electron chi connectivity index (χ1n) is 8.06. The summed E-state index contributed by atoms with van der Waals surface area (Å²) in [5.41, 5.74) is 1.59. The summed E-state index contributed by atoms with van der Waals surface area (Å²) in [6.07, 6.45) is -4.28. The van der Waals surface area contributed by atoms with Crippen molar-refractivity contribution in [2.24, 2.45) is 0 Å². The molecule has 0 saturated carbocycles. The maximum absolute atomic E-state index is 12.7. The fraction of sp³-hybridized carbons (Fsp3) is 0.263. The number of hydrogen-bond donors (Lipinski definition) is 2. The van der Waals surface area contributed by atoms with Crippen molar-refractivity contribution in [1.29, 1.82) is 0 Å². The Bertz CT molecular complexity index is 817. The van der Waals surface area contributed by atoms with Crippen molar-refractivity contribution in [2.75, 3.05) is 10.6 Å². The highest BCUT2D eigenvalue weighted by Gasteiger charge is 2.30. The second kappa shape index (κ2) is 8.03. The molecule has 0 atom stereocenters. The third-order valence-electron chi connectivity index (χ3n) is 3.80. The van der Waals surface area contributed by atoms with Crippen molar-refractivity contribution in [3.63, 3.8) is 0 Å². The van der Waals surface area contributed by atoms with Gasteiger partial charge in [0.2, 0.25) is 11.8 Å². The van der Waals surface area contributed by atoms with E-state index < -0.39 is 30.0 Å². The van der Waals surface area contributed by atoms with Crippen molar-refractivity contribution >= 4 is 23.2 Å². The van der Waals surface area contributed by atoms with Crippen molar-refractivity contribution in [2.45, 2.75) is 32.9 Å². The molecular weight excluding hydrogens is 345 g/mol. The van der Waals surface area contributed by atoms with E-state index in [1.807, 2.05) is 32.0 Å². The summed E-state index contributed by atoms with van der Waals surface area (Å²) in [7, 11) is 0. The van der Waals surface area contributed by atoms with Gasteiger partial charge in [-0.25, -0.2) is 0 Å². The van der Waals surface area contributed by atoms with Crippen LogP contribution in [0.1, 0.15) is 30.0 Å². The quantitative estimate of drug-likeness (QED) is 0.765. The van der Waals surface area contributed by atoms with Crippen LogP contribution in [0, 0.1) is 6.92 Å². The van der Waals surface area contributed by atoms with E-state index in [4.69, 9.17) is 0 Å². The maximum Gasteiger partial charge on any atom is 0.416 e. The van der Waals surface area contributed by atoms with Gasteiger partial charge in [0, 0.05) is 11.4 Å². The van der Waals surface area contributed by atoms with Gasteiger partial charge in [-0.2, -0.15) is 13.2 Å². The predicted octanol–water partition coefficient (Wildman–Crippen LogP) is 4.54. The zero-order valence-electron chi connectivity index (χ0n) is 14.4. The highest BCUT2D eigenvalue weighted by atomic mass is 19.4. The number of carbonyl (C=O) groups excluding carboxylic acids is 2. The van der Waals surface area contributed by atoms with E-state index in [0.29, 0.717) is 12.1 Å². The Hall–Kier alpha value is -2.83. The smallest absolute Gasteiger partial charge is 0.326 e. The number of aryl methyl sites for hydroxylation is 2. The number of rotatable bonds is 5. The molecule has 2 N–H and O–H groups in total. The number of halogens is 3. The normalized spacial score (nSPS) is 11.1. The fourth-order valence-corrected chi connectivity index (χ4v) is 2.51. The Labute approximate surface area is 149 Å². The Morgan fingerprint density at radius 3 is 2.31 bits per heavy atom. The van der Waals surface area contributed by atoms with E-state index in [0.717, 1.165) is 23.3 Å². The minimum atomic E-state index is -4.50. The maximum atomic E-state index is 12.7. The molecule has 0 radical (unpaired) electrons. The molecule has 0 aliphatic rings. The molecule has 0 saturated heterocycles. The van der Waals surface area contributed by atoms with E-state index >= 15 is 0 Å². The number of para-hydroxylation sites is 1. The standard InChI is InChI=1S/C19H19F3N2O2/c1-3-13-7-4-6-12(2)18(13)24-17(26)11-16(25)23-15-9-5-8-14(10-15)19(20,21)22/h4-10H,3,11H2,1-2H3,(H,23,25)(H,24,26). The van der Waals surface area contributed by atoms with Gasteiger partial charge in [-0.3, -0.25) is 9.59 Å². The average Bonchev–Trinajstić information content (AvgIpc) is 2.56. The van der Waals surface area contributed by atoms with Crippen molar-refractivity contribution in [3.8, 4) is 0 Å². The molecule has 138 valence electrons. The van der Waals surface area contributed by atoms with Crippen molar-refractivity contribution < 1.29 is 22.8 Å². The van der Waals surface area contributed by atoms with Gasteiger partial charge < -0.3 is 10.6 Å². The highest BCUT2D eigenvalue weighted by molar-refractivity contribution is 6.08. The molecule has 0 unspecified atom stereocenters. The van der Waals surface area contributed by atoms with E-state index in [1.54, 1.807) is 0 Å². The Kier molecular flexibility index (Phi) is 6.02. The second-order valence-corrected chi connectivity index (χ2v) is 5.81. The van der Waals surface area contributed by atoms with Crippen LogP contribution < -0.4 is 10.6 Å². The van der Waals surface area contributed by atoms with Crippen LogP contribution in [0.25, 0.3) is 0 Å². The van der Waals surface area contributed by atoms with Crippen LogP contribution in [0.2, 0.25) is 0 Å². The number of carbonyl (C=O) groups is 2. The summed E-state index contributed by atoms with van der Waals surface area (Å²) in [5, 5.41) is 5.02. The van der Waals surface area contributed by atoms with Gasteiger partial charge in [-0.15, -0.1) is 0 Å². The zero-order valence-corrected chi connectivity index (χ0v) is 14.4. The molecular formula is C19H19F3N2O2. The molecule has 0 bridgehead atoms. The van der Waals surface area contributed by atoms with E-state index in [9.17, 15) is 22.8 Å². The summed E-state index contributed by atoms with van der Waals surface area (Å²) >= 11 is 0. The lowest BCUT2D eigenvalue weighted by molar-refractivity contribution is -0.137. The molecule has 0 aliphatic heterocycles. The molecule has 0 aromatic heterocycles. The van der Waals surface area contributed by atoms with Crippen LogP contribution in [0.3, 0.4) is 0 Å². The van der Waals surface area contributed by atoms with Gasteiger partial charge >= 0.3 is 6.18 Å². The van der Waals surface area contributed by atoms with Crippen LogP contribution >= 0.6 is 0 Å². The molecule has 26 heavy (non-hydrogen) atoms. The van der Waals surface area contributed by atoms with Crippen molar-refractivity contribution in [3.05, 3.63) is 59.2 Å². The fourth-order valence-electron chi connectivity index (χ4n) is 2.51. The first-order chi connectivity index (χ1) is 12.2. The summed E-state index contributed by atoms with van der Waals surface area (Å²) < 4.78 is 38.1. The Morgan fingerprint density at radius 2 is 1.65 bits per heavy atom. The number of anilines is 2. The lowest BCUT2D eigenvalue weighted by Crippen LogP contribution is -2.22. The summed E-state index contributed by atoms with van der Waals surface area (Å²) in [6.45, 7) is 3.79. The van der Waals surface area contributed by atoms with Gasteiger partial charge in [0.1, 0.15) is 6.42 Å². The summed E-state index contributed by atoms with van der Waals surface area (Å²) in [6, 6.07) is 9.87. The topological polar surface area (TPSA) is 58.2 Å². The largest absolute Gasteiger partial charge is 0.416 e. The number of hydrogen-bond acceptors (Lipinski definition) is 2. The van der Waals surface area contributed by atoms with Crippen LogP contribution in [-0.4, -0.2) is 11.8 Å². The van der Waals surface area contributed by atoms with Gasteiger partial charge in [0.15, 0.2) is 0 Å². The summed E-state index contributed by atoms with van der Waals surface area (Å²) in [5.74, 6) is -1.22. The second-order valence-electron chi connectivity index (χ2n) is 5.81. The molecule has 2 aromatic carbocycles. The molecule has 0 spiro atoms. The molecule has 0 aliphatic carbocycles. The monoisotopic (exact) mass is 364 g/mol. The molecule has 2 amide bonds. The van der Waals surface area contributed by atoms with Gasteiger partial charge in [0.25, 0.3) is 0 Å².